The Balaban J connectivity index is 1.74. The van der Waals surface area contributed by atoms with Crippen LogP contribution in [0, 0.1) is 35.2 Å². The highest BCUT2D eigenvalue weighted by atomic mass is 35.5. The number of hydrogen-bond acceptors (Lipinski definition) is 4. The van der Waals surface area contributed by atoms with E-state index < -0.39 is 23.4 Å². The molecule has 4 unspecified atom stereocenters. The number of thioether (sulfide) groups is 1. The van der Waals surface area contributed by atoms with E-state index in [2.05, 4.69) is 24.3 Å². The first-order chi connectivity index (χ1) is 16.1. The molecule has 4 nitrogen and oxygen atoms in total. The number of nitrogens with zero attached hydrogens (tertiary/aromatic N) is 1. The van der Waals surface area contributed by atoms with Crippen molar-refractivity contribution in [1.82, 2.24) is 0 Å². The molecule has 2 aromatic rings. The second-order valence-corrected chi connectivity index (χ2v) is 10.8. The van der Waals surface area contributed by atoms with Crippen LogP contribution in [-0.4, -0.2) is 22.1 Å². The fourth-order valence-corrected chi connectivity index (χ4v) is 6.32. The molecule has 0 radical (unpaired) electrons. The largest absolute Gasteiger partial charge is 0.411 e. The Labute approximate surface area is 207 Å². The van der Waals surface area contributed by atoms with E-state index in [1.807, 2.05) is 6.92 Å². The summed E-state index contributed by atoms with van der Waals surface area (Å²) in [5.74, 6) is -3.62. The van der Waals surface area contributed by atoms with Gasteiger partial charge < -0.3 is 10.5 Å². The van der Waals surface area contributed by atoms with Crippen LogP contribution in [0.1, 0.15) is 56.8 Å². The third-order valence-corrected chi connectivity index (χ3v) is 8.39. The third kappa shape index (κ3) is 6.48. The van der Waals surface area contributed by atoms with Crippen LogP contribution in [0.4, 0.5) is 18.9 Å². The lowest BCUT2D eigenvalue weighted by Crippen LogP contribution is -2.19. The number of nitrogens with one attached hydrogen (secondary N) is 1. The van der Waals surface area contributed by atoms with Crippen molar-refractivity contribution < 1.29 is 23.2 Å². The molecule has 0 heterocycles. The molecule has 34 heavy (non-hydrogen) atoms. The van der Waals surface area contributed by atoms with Crippen LogP contribution in [0.2, 0.25) is 5.02 Å². The Morgan fingerprint density at radius 3 is 2.56 bits per heavy atom. The predicted octanol–water partition coefficient (Wildman–Crippen LogP) is 7.78. The zero-order valence-electron chi connectivity index (χ0n) is 19.2. The van der Waals surface area contributed by atoms with E-state index in [-0.39, 0.29) is 11.3 Å². The summed E-state index contributed by atoms with van der Waals surface area (Å²) in [5.41, 5.74) is 0.818. The summed E-state index contributed by atoms with van der Waals surface area (Å²) in [6.45, 7) is 6.17. The number of halogens is 4. The minimum Gasteiger partial charge on any atom is -0.411 e. The number of carbonyl (C=O) groups excluding carboxylic acids is 1. The van der Waals surface area contributed by atoms with Crippen molar-refractivity contribution in [2.24, 2.45) is 22.9 Å². The molecule has 1 fully saturated rings. The molecule has 2 aromatic carbocycles. The molecule has 9 heteroatoms. The zero-order valence-corrected chi connectivity index (χ0v) is 20.8. The van der Waals surface area contributed by atoms with Gasteiger partial charge in [-0.15, -0.1) is 11.8 Å². The highest BCUT2D eigenvalue weighted by Gasteiger charge is 2.35. The van der Waals surface area contributed by atoms with Crippen molar-refractivity contribution in [1.29, 1.82) is 0 Å². The Hall–Kier alpha value is -2.19. The smallest absolute Gasteiger partial charge is 0.255 e. The molecule has 4 atom stereocenters. The summed E-state index contributed by atoms with van der Waals surface area (Å²) in [5, 5.41) is 15.5. The average molecular weight is 513 g/mol. The van der Waals surface area contributed by atoms with Crippen LogP contribution < -0.4 is 5.32 Å². The maximum absolute atomic E-state index is 13.5. The van der Waals surface area contributed by atoms with Crippen molar-refractivity contribution in [2.45, 2.75) is 56.6 Å². The van der Waals surface area contributed by atoms with E-state index in [1.165, 1.54) is 6.07 Å². The van der Waals surface area contributed by atoms with Crippen molar-refractivity contribution in [3.63, 3.8) is 0 Å². The van der Waals surface area contributed by atoms with Gasteiger partial charge in [0.1, 0.15) is 0 Å². The van der Waals surface area contributed by atoms with Crippen LogP contribution in [0.3, 0.4) is 0 Å². The predicted molar refractivity (Wildman–Crippen MR) is 131 cm³/mol. The fourth-order valence-electron chi connectivity index (χ4n) is 4.59. The third-order valence-electron chi connectivity index (χ3n) is 6.24. The summed E-state index contributed by atoms with van der Waals surface area (Å²) >= 11 is 8.09. The molecular formula is C25H28ClF3N2O2S. The van der Waals surface area contributed by atoms with E-state index in [9.17, 15) is 18.0 Å². The van der Waals surface area contributed by atoms with E-state index in [4.69, 9.17) is 16.8 Å². The molecule has 0 saturated heterocycles. The molecule has 0 bridgehead atoms. The van der Waals surface area contributed by atoms with Gasteiger partial charge in [0.15, 0.2) is 17.5 Å². The van der Waals surface area contributed by atoms with E-state index in [0.29, 0.717) is 33.7 Å². The minimum atomic E-state index is -1.59. The zero-order chi connectivity index (χ0) is 25.0. The Morgan fingerprint density at radius 2 is 1.91 bits per heavy atom. The maximum atomic E-state index is 13.5. The molecule has 0 aromatic heterocycles. The maximum Gasteiger partial charge on any atom is 0.255 e. The molecule has 1 amide bonds. The van der Waals surface area contributed by atoms with Gasteiger partial charge in [0, 0.05) is 33.5 Å². The summed E-state index contributed by atoms with van der Waals surface area (Å²) in [6.07, 6.45) is 3.92. The molecule has 0 spiro atoms. The summed E-state index contributed by atoms with van der Waals surface area (Å²) in [4.78, 5) is 13.5. The average Bonchev–Trinajstić information content (AvgIpc) is 3.12. The Morgan fingerprint density at radius 1 is 1.24 bits per heavy atom. The topological polar surface area (TPSA) is 61.7 Å². The van der Waals surface area contributed by atoms with Gasteiger partial charge in [-0.05, 0) is 68.6 Å². The van der Waals surface area contributed by atoms with Crippen LogP contribution in [0.15, 0.2) is 40.4 Å². The van der Waals surface area contributed by atoms with E-state index >= 15 is 0 Å². The number of oxime groups is 1. The number of anilines is 1. The number of carbonyl (C=O) groups is 1. The fraction of sp³-hybridized carbons (Fsp3) is 0.440. The molecule has 1 aliphatic rings. The standard InChI is InChI=1S/C25H28ClF3N2O2S/c1-13(8-15(3)31-33)9-16-5-4-14(2)24(16)34-22-10-17(6-7-19(22)26)25(32)30-18-11-20(27)23(29)21(28)12-18/h6-7,10-14,16,24,33H,4-5,8-9H2,1-3H3,(H,30,32)/b31-15-. The van der Waals surface area contributed by atoms with Gasteiger partial charge in [-0.2, -0.15) is 0 Å². The van der Waals surface area contributed by atoms with Crippen molar-refractivity contribution in [3.05, 3.63) is 58.4 Å². The first-order valence-corrected chi connectivity index (χ1v) is 12.4. The molecular weight excluding hydrogens is 485 g/mol. The number of amides is 1. The lowest BCUT2D eigenvalue weighted by molar-refractivity contribution is 0.102. The molecule has 0 aliphatic heterocycles. The van der Waals surface area contributed by atoms with Crippen molar-refractivity contribution >= 4 is 40.7 Å². The van der Waals surface area contributed by atoms with Crippen LogP contribution >= 0.6 is 23.4 Å². The SMILES string of the molecule is C/C(CC(C)CC1CCC(C)C1Sc1cc(C(=O)Nc2cc(F)c(F)c(F)c2)ccc1Cl)=N/O. The lowest BCUT2D eigenvalue weighted by atomic mass is 9.90. The summed E-state index contributed by atoms with van der Waals surface area (Å²) in [6, 6.07) is 6.30. The number of rotatable bonds is 8. The summed E-state index contributed by atoms with van der Waals surface area (Å²) < 4.78 is 40.2. The molecule has 3 rings (SSSR count). The van der Waals surface area contributed by atoms with Gasteiger partial charge in [0.25, 0.3) is 5.91 Å². The monoisotopic (exact) mass is 512 g/mol. The first kappa shape index (κ1) is 26.4. The lowest BCUT2D eigenvalue weighted by Gasteiger charge is -2.25. The molecule has 2 N–H and O–H groups in total. The Bertz CT molecular complexity index is 1060. The van der Waals surface area contributed by atoms with Crippen LogP contribution in [-0.2, 0) is 0 Å². The number of hydrogen-bond donors (Lipinski definition) is 2. The van der Waals surface area contributed by atoms with E-state index in [1.54, 1.807) is 23.9 Å². The van der Waals surface area contributed by atoms with Gasteiger partial charge in [-0.25, -0.2) is 13.2 Å². The second kappa shape index (κ2) is 11.5. The van der Waals surface area contributed by atoms with Gasteiger partial charge in [-0.3, -0.25) is 4.79 Å². The normalized spacial score (nSPS) is 21.5. The molecule has 1 saturated carbocycles. The second-order valence-electron chi connectivity index (χ2n) is 9.13. The van der Waals surface area contributed by atoms with Gasteiger partial charge >= 0.3 is 0 Å². The number of benzene rings is 2. The van der Waals surface area contributed by atoms with Gasteiger partial charge in [0.2, 0.25) is 0 Å². The van der Waals surface area contributed by atoms with Gasteiger partial charge in [-0.1, -0.05) is 30.6 Å². The van der Waals surface area contributed by atoms with Crippen LogP contribution in [0.25, 0.3) is 0 Å². The molecule has 1 aliphatic carbocycles. The highest BCUT2D eigenvalue weighted by molar-refractivity contribution is 8.00. The quantitative estimate of drug-likeness (QED) is 0.164. The van der Waals surface area contributed by atoms with E-state index in [0.717, 1.165) is 42.7 Å². The summed E-state index contributed by atoms with van der Waals surface area (Å²) in [7, 11) is 0. The van der Waals surface area contributed by atoms with Crippen molar-refractivity contribution in [3.8, 4) is 0 Å². The first-order valence-electron chi connectivity index (χ1n) is 11.2. The van der Waals surface area contributed by atoms with Crippen LogP contribution in [0.5, 0.6) is 0 Å². The van der Waals surface area contributed by atoms with Gasteiger partial charge in [0.05, 0.1) is 10.7 Å². The van der Waals surface area contributed by atoms with Crippen molar-refractivity contribution in [2.75, 3.05) is 5.32 Å². The molecule has 184 valence electrons. The highest BCUT2D eigenvalue weighted by Crippen LogP contribution is 2.47. The minimum absolute atomic E-state index is 0.175. The Kier molecular flexibility index (Phi) is 8.93.